The zero-order valence-corrected chi connectivity index (χ0v) is 11.9. The first-order valence-corrected chi connectivity index (χ1v) is 8.53. The second-order valence-corrected chi connectivity index (χ2v) is 7.64. The summed E-state index contributed by atoms with van der Waals surface area (Å²) in [5.41, 5.74) is 1.88. The van der Waals surface area contributed by atoms with E-state index in [9.17, 15) is 0 Å². The quantitative estimate of drug-likeness (QED) is 0.514. The smallest absolute Gasteiger partial charge is 0.0172 e. The molecule has 6 atom stereocenters. The van der Waals surface area contributed by atoms with E-state index in [1.807, 2.05) is 5.57 Å². The fourth-order valence-electron chi connectivity index (χ4n) is 6.25. The van der Waals surface area contributed by atoms with Gasteiger partial charge in [0.2, 0.25) is 0 Å². The standard InChI is InChI=1S/C18H28/c1-12-6-8-16-14(12)10-11-17-15-5-3-2-4-13(15)7-9-18(16)17/h4,12,14-18H,2-3,5-11H2,1H3. The summed E-state index contributed by atoms with van der Waals surface area (Å²) in [6.45, 7) is 2.53. The summed E-state index contributed by atoms with van der Waals surface area (Å²) in [6, 6.07) is 0. The summed E-state index contributed by atoms with van der Waals surface area (Å²) in [7, 11) is 0. The van der Waals surface area contributed by atoms with Gasteiger partial charge in [-0.05, 0) is 86.9 Å². The Labute approximate surface area is 112 Å². The molecule has 0 aromatic rings. The van der Waals surface area contributed by atoms with Crippen LogP contribution >= 0.6 is 0 Å². The lowest BCUT2D eigenvalue weighted by atomic mass is 9.56. The van der Waals surface area contributed by atoms with Crippen LogP contribution in [0, 0.1) is 35.5 Å². The molecule has 0 heteroatoms. The molecule has 0 aromatic heterocycles. The number of allylic oxidation sites excluding steroid dienone is 2. The van der Waals surface area contributed by atoms with E-state index < -0.39 is 0 Å². The van der Waals surface area contributed by atoms with Gasteiger partial charge in [-0.3, -0.25) is 0 Å². The Morgan fingerprint density at radius 1 is 0.833 bits per heavy atom. The monoisotopic (exact) mass is 244 g/mol. The molecule has 0 N–H and O–H groups in total. The third kappa shape index (κ3) is 1.63. The summed E-state index contributed by atoms with van der Waals surface area (Å²) in [5, 5.41) is 0. The Hall–Kier alpha value is -0.260. The van der Waals surface area contributed by atoms with E-state index in [0.717, 1.165) is 35.5 Å². The van der Waals surface area contributed by atoms with Gasteiger partial charge in [0.25, 0.3) is 0 Å². The normalized spacial score (nSPS) is 51.1. The van der Waals surface area contributed by atoms with Gasteiger partial charge in [-0.15, -0.1) is 0 Å². The largest absolute Gasteiger partial charge is 0.0850 e. The fraction of sp³-hybridized carbons (Fsp3) is 0.889. The summed E-state index contributed by atoms with van der Waals surface area (Å²) < 4.78 is 0. The maximum absolute atomic E-state index is 2.62. The summed E-state index contributed by atoms with van der Waals surface area (Å²) in [6.07, 6.45) is 16.2. The topological polar surface area (TPSA) is 0 Å². The molecule has 4 aliphatic carbocycles. The van der Waals surface area contributed by atoms with Crippen molar-refractivity contribution in [1.29, 1.82) is 0 Å². The Morgan fingerprint density at radius 2 is 1.61 bits per heavy atom. The van der Waals surface area contributed by atoms with Gasteiger partial charge in [-0.25, -0.2) is 0 Å². The number of fused-ring (bicyclic) bond motifs is 5. The molecule has 0 radical (unpaired) electrons. The minimum absolute atomic E-state index is 1.02. The van der Waals surface area contributed by atoms with E-state index in [1.165, 1.54) is 32.1 Å². The van der Waals surface area contributed by atoms with Gasteiger partial charge in [-0.1, -0.05) is 25.0 Å². The molecule has 3 saturated carbocycles. The van der Waals surface area contributed by atoms with Crippen molar-refractivity contribution in [2.45, 2.75) is 64.7 Å². The predicted octanol–water partition coefficient (Wildman–Crippen LogP) is 5.20. The van der Waals surface area contributed by atoms with Gasteiger partial charge in [0.1, 0.15) is 0 Å². The molecule has 0 nitrogen and oxygen atoms in total. The van der Waals surface area contributed by atoms with Crippen LogP contribution in [0.25, 0.3) is 0 Å². The Balaban J connectivity index is 1.59. The lowest BCUT2D eigenvalue weighted by Crippen LogP contribution is -2.41. The first-order valence-electron chi connectivity index (χ1n) is 8.53. The molecule has 0 spiro atoms. The molecule has 4 rings (SSSR count). The van der Waals surface area contributed by atoms with Gasteiger partial charge in [0, 0.05) is 0 Å². The lowest BCUT2D eigenvalue weighted by molar-refractivity contribution is 0.0395. The average molecular weight is 244 g/mol. The van der Waals surface area contributed by atoms with Crippen LogP contribution in [-0.4, -0.2) is 0 Å². The van der Waals surface area contributed by atoms with Crippen molar-refractivity contribution < 1.29 is 0 Å². The molecule has 6 unspecified atom stereocenters. The first kappa shape index (κ1) is 11.6. The van der Waals surface area contributed by atoms with E-state index >= 15 is 0 Å². The molecule has 0 bridgehead atoms. The van der Waals surface area contributed by atoms with Crippen molar-refractivity contribution in [2.24, 2.45) is 35.5 Å². The zero-order valence-electron chi connectivity index (χ0n) is 11.9. The van der Waals surface area contributed by atoms with Crippen LogP contribution in [0.5, 0.6) is 0 Å². The van der Waals surface area contributed by atoms with E-state index in [2.05, 4.69) is 13.0 Å². The van der Waals surface area contributed by atoms with Gasteiger partial charge in [-0.2, -0.15) is 0 Å². The number of hydrogen-bond acceptors (Lipinski definition) is 0. The van der Waals surface area contributed by atoms with Crippen LogP contribution in [-0.2, 0) is 0 Å². The second kappa shape index (κ2) is 4.39. The van der Waals surface area contributed by atoms with Crippen molar-refractivity contribution in [2.75, 3.05) is 0 Å². The molecule has 4 aliphatic rings. The minimum Gasteiger partial charge on any atom is -0.0850 e. The van der Waals surface area contributed by atoms with E-state index in [4.69, 9.17) is 0 Å². The Bertz CT molecular complexity index is 353. The van der Waals surface area contributed by atoms with E-state index in [1.54, 1.807) is 25.7 Å². The molecule has 18 heavy (non-hydrogen) atoms. The maximum Gasteiger partial charge on any atom is -0.0172 e. The van der Waals surface area contributed by atoms with Crippen LogP contribution in [0.15, 0.2) is 11.6 Å². The van der Waals surface area contributed by atoms with Crippen LogP contribution in [0.2, 0.25) is 0 Å². The van der Waals surface area contributed by atoms with Crippen molar-refractivity contribution in [3.8, 4) is 0 Å². The van der Waals surface area contributed by atoms with Gasteiger partial charge >= 0.3 is 0 Å². The average Bonchev–Trinajstić information content (AvgIpc) is 2.80. The van der Waals surface area contributed by atoms with E-state index in [0.29, 0.717) is 0 Å². The van der Waals surface area contributed by atoms with Gasteiger partial charge < -0.3 is 0 Å². The van der Waals surface area contributed by atoms with Crippen LogP contribution in [0.1, 0.15) is 64.7 Å². The molecular weight excluding hydrogens is 216 g/mol. The van der Waals surface area contributed by atoms with Crippen molar-refractivity contribution in [1.82, 2.24) is 0 Å². The Morgan fingerprint density at radius 3 is 2.56 bits per heavy atom. The van der Waals surface area contributed by atoms with Crippen LogP contribution < -0.4 is 0 Å². The zero-order chi connectivity index (χ0) is 12.1. The highest BCUT2D eigenvalue weighted by atomic mass is 14.5. The Kier molecular flexibility index (Phi) is 2.82. The molecule has 0 aromatic carbocycles. The van der Waals surface area contributed by atoms with Crippen LogP contribution in [0.3, 0.4) is 0 Å². The molecule has 0 saturated heterocycles. The lowest BCUT2D eigenvalue weighted by Gasteiger charge is -2.49. The molecule has 3 fully saturated rings. The summed E-state index contributed by atoms with van der Waals surface area (Å²) >= 11 is 0. The first-order chi connectivity index (χ1) is 8.84. The van der Waals surface area contributed by atoms with Gasteiger partial charge in [0.05, 0.1) is 0 Å². The molecule has 100 valence electrons. The highest BCUT2D eigenvalue weighted by molar-refractivity contribution is 5.16. The molecule has 0 amide bonds. The van der Waals surface area contributed by atoms with Crippen molar-refractivity contribution in [3.63, 3.8) is 0 Å². The summed E-state index contributed by atoms with van der Waals surface area (Å²) in [5.74, 6) is 6.52. The van der Waals surface area contributed by atoms with E-state index in [-0.39, 0.29) is 0 Å². The van der Waals surface area contributed by atoms with Crippen molar-refractivity contribution >= 4 is 0 Å². The fourth-order valence-corrected chi connectivity index (χ4v) is 6.25. The highest BCUT2D eigenvalue weighted by Gasteiger charge is 2.48. The predicted molar refractivity (Wildman–Crippen MR) is 76.3 cm³/mol. The third-order valence-corrected chi connectivity index (χ3v) is 7.05. The molecule has 0 aliphatic heterocycles. The van der Waals surface area contributed by atoms with Crippen molar-refractivity contribution in [3.05, 3.63) is 11.6 Å². The maximum atomic E-state index is 2.62. The molecular formula is C18H28. The third-order valence-electron chi connectivity index (χ3n) is 7.05. The number of hydrogen-bond donors (Lipinski definition) is 0. The van der Waals surface area contributed by atoms with Crippen LogP contribution in [0.4, 0.5) is 0 Å². The second-order valence-electron chi connectivity index (χ2n) is 7.64. The number of rotatable bonds is 0. The minimum atomic E-state index is 1.02. The highest BCUT2D eigenvalue weighted by Crippen LogP contribution is 2.58. The summed E-state index contributed by atoms with van der Waals surface area (Å²) in [4.78, 5) is 0. The SMILES string of the molecule is CC1CCC2C1CCC1C3CCCC=C3CCC12. The van der Waals surface area contributed by atoms with Gasteiger partial charge in [0.15, 0.2) is 0 Å². The molecule has 0 heterocycles.